The Morgan fingerprint density at radius 3 is 1.94 bits per heavy atom. The lowest BCUT2D eigenvalue weighted by Gasteiger charge is -2.32. The van der Waals surface area contributed by atoms with Crippen LogP contribution in [0.5, 0.6) is 0 Å². The summed E-state index contributed by atoms with van der Waals surface area (Å²) in [5.41, 5.74) is 11.0. The van der Waals surface area contributed by atoms with Gasteiger partial charge in [-0.3, -0.25) is 0 Å². The Morgan fingerprint density at radius 2 is 1.12 bits per heavy atom. The smallest absolute Gasteiger partial charge is 0.0543 e. The summed E-state index contributed by atoms with van der Waals surface area (Å²) < 4.78 is 2.52. The van der Waals surface area contributed by atoms with Crippen molar-refractivity contribution in [3.05, 3.63) is 199 Å². The van der Waals surface area contributed by atoms with E-state index in [4.69, 9.17) is 0 Å². The number of thiophene rings is 1. The predicted molar refractivity (Wildman–Crippen MR) is 223 cm³/mol. The summed E-state index contributed by atoms with van der Waals surface area (Å²) in [6, 6.07) is 66.3. The van der Waals surface area contributed by atoms with Gasteiger partial charge in [0.1, 0.15) is 0 Å². The molecule has 0 aliphatic heterocycles. The molecule has 2 heteroatoms. The third kappa shape index (κ3) is 5.18. The summed E-state index contributed by atoms with van der Waals surface area (Å²) in [6.45, 7) is 0. The first-order valence-electron chi connectivity index (χ1n) is 17.9. The molecule has 1 aliphatic rings. The second-order valence-electron chi connectivity index (χ2n) is 13.4. The van der Waals surface area contributed by atoms with E-state index in [1.54, 1.807) is 0 Å². The van der Waals surface area contributed by atoms with Gasteiger partial charge in [-0.15, -0.1) is 11.3 Å². The van der Waals surface area contributed by atoms with Crippen molar-refractivity contribution in [3.63, 3.8) is 0 Å². The van der Waals surface area contributed by atoms with Crippen LogP contribution >= 0.6 is 11.3 Å². The Labute approximate surface area is 308 Å². The van der Waals surface area contributed by atoms with Gasteiger partial charge in [0.05, 0.1) is 11.4 Å². The maximum absolute atomic E-state index is 3.57. The van der Waals surface area contributed by atoms with Crippen LogP contribution in [0.2, 0.25) is 0 Å². The van der Waals surface area contributed by atoms with E-state index >= 15 is 0 Å². The summed E-state index contributed by atoms with van der Waals surface area (Å²) in [7, 11) is 0. The minimum Gasteiger partial charge on any atom is -0.313 e. The molecule has 1 aromatic heterocycles. The van der Waals surface area contributed by atoms with Gasteiger partial charge < -0.3 is 4.90 Å². The average Bonchev–Trinajstić information content (AvgIpc) is 3.61. The van der Waals surface area contributed by atoms with Gasteiger partial charge in [0.25, 0.3) is 0 Å². The van der Waals surface area contributed by atoms with E-state index in [-0.39, 0.29) is 0 Å². The third-order valence-corrected chi connectivity index (χ3v) is 11.6. The highest BCUT2D eigenvalue weighted by atomic mass is 32.1. The number of nitrogens with zero attached hydrogens (tertiary/aromatic N) is 1. The van der Waals surface area contributed by atoms with Crippen LogP contribution in [0, 0.1) is 12.1 Å². The normalized spacial score (nSPS) is 12.9. The average molecular weight is 680 g/mol. The molecule has 0 fully saturated rings. The van der Waals surface area contributed by atoms with E-state index in [0.717, 1.165) is 29.7 Å². The molecule has 8 aromatic carbocycles. The molecule has 1 heterocycles. The Kier molecular flexibility index (Phi) is 7.45. The molecule has 244 valence electrons. The Balaban J connectivity index is 1.09. The molecule has 52 heavy (non-hydrogen) atoms. The lowest BCUT2D eigenvalue weighted by Crippen LogP contribution is -2.19. The van der Waals surface area contributed by atoms with Crippen LogP contribution in [0.4, 0.5) is 11.4 Å². The topological polar surface area (TPSA) is 3.24 Å². The van der Waals surface area contributed by atoms with Crippen LogP contribution in [0.3, 0.4) is 0 Å². The molecule has 0 spiro atoms. The molecule has 10 rings (SSSR count). The minimum atomic E-state index is 0.913. The van der Waals surface area contributed by atoms with Gasteiger partial charge in [0.2, 0.25) is 0 Å². The predicted octanol–water partition coefficient (Wildman–Crippen LogP) is 14.2. The van der Waals surface area contributed by atoms with E-state index in [9.17, 15) is 0 Å². The van der Waals surface area contributed by atoms with Crippen LogP contribution in [0.15, 0.2) is 182 Å². The number of para-hydroxylation sites is 1. The van der Waals surface area contributed by atoms with Crippen molar-refractivity contribution in [1.82, 2.24) is 0 Å². The Bertz CT molecular complexity index is 2840. The SMILES string of the molecule is c1cc2sc3ccccc3c2c(-c2ccccc2N(C2=CC=C(c3ccc(-c4cccc5ccccc45)cc3)CC2)c2cccc3ccccc23)c#1. The molecule has 1 nitrogen and oxygen atoms in total. The quantitative estimate of drug-likeness (QED) is 0.169. The van der Waals surface area contributed by atoms with Gasteiger partial charge in [0.15, 0.2) is 0 Å². The summed E-state index contributed by atoms with van der Waals surface area (Å²) in [4.78, 5) is 2.50. The fourth-order valence-corrected chi connectivity index (χ4v) is 9.07. The summed E-state index contributed by atoms with van der Waals surface area (Å²) >= 11 is 1.83. The molecule has 0 bridgehead atoms. The van der Waals surface area contributed by atoms with Gasteiger partial charge in [-0.2, -0.15) is 0 Å². The third-order valence-electron chi connectivity index (χ3n) is 10.5. The van der Waals surface area contributed by atoms with E-state index < -0.39 is 0 Å². The molecule has 0 unspecified atom stereocenters. The van der Waals surface area contributed by atoms with E-state index in [0.29, 0.717) is 0 Å². The lowest BCUT2D eigenvalue weighted by molar-refractivity contribution is 0.932. The first kappa shape index (κ1) is 30.4. The van der Waals surface area contributed by atoms with Crippen LogP contribution in [-0.4, -0.2) is 0 Å². The standard InChI is InChI=1S/C50H33NS/c1-3-16-40-36(12-1)14-9-20-41(40)38-28-26-34(27-29-38)35-30-32-39(33-31-35)51(46-23-10-15-37-13-2-4-17-42(37)46)47-22-7-5-18-43(47)44-21-11-25-49-50(44)45-19-6-8-24-48(45)52-49/h1-10,12-20,22-30,32H,31,33H2. The fourth-order valence-electron chi connectivity index (χ4n) is 7.98. The lowest BCUT2D eigenvalue weighted by atomic mass is 9.92. The number of fused-ring (bicyclic) bond motifs is 5. The molecule has 0 atom stereocenters. The molecule has 9 aromatic rings. The zero-order chi connectivity index (χ0) is 34.4. The molecular weight excluding hydrogens is 647 g/mol. The second kappa shape index (κ2) is 12.7. The van der Waals surface area contributed by atoms with Crippen molar-refractivity contribution in [3.8, 4) is 22.3 Å². The van der Waals surface area contributed by atoms with Crippen molar-refractivity contribution in [2.24, 2.45) is 0 Å². The molecule has 0 saturated heterocycles. The van der Waals surface area contributed by atoms with Crippen molar-refractivity contribution < 1.29 is 0 Å². The molecule has 0 saturated carbocycles. The summed E-state index contributed by atoms with van der Waals surface area (Å²) in [6.07, 6.45) is 6.54. The number of hydrogen-bond donors (Lipinski definition) is 0. The van der Waals surface area contributed by atoms with Gasteiger partial charge in [-0.25, -0.2) is 0 Å². The van der Waals surface area contributed by atoms with Gasteiger partial charge in [0, 0.05) is 48.4 Å². The fraction of sp³-hybridized carbons (Fsp3) is 0.0400. The second-order valence-corrected chi connectivity index (χ2v) is 14.5. The van der Waals surface area contributed by atoms with Crippen LogP contribution in [-0.2, 0) is 0 Å². The summed E-state index contributed by atoms with van der Waals surface area (Å²) in [5.74, 6) is 0. The van der Waals surface area contributed by atoms with E-state index in [2.05, 4.69) is 193 Å². The number of allylic oxidation sites excluding steroid dienone is 4. The van der Waals surface area contributed by atoms with Crippen molar-refractivity contribution in [2.45, 2.75) is 12.8 Å². The highest BCUT2D eigenvalue weighted by Gasteiger charge is 2.24. The molecular formula is C50H33NS. The van der Waals surface area contributed by atoms with Crippen molar-refractivity contribution in [1.29, 1.82) is 0 Å². The maximum atomic E-state index is 3.57. The Morgan fingerprint density at radius 1 is 0.481 bits per heavy atom. The summed E-state index contributed by atoms with van der Waals surface area (Å²) in [5, 5.41) is 7.53. The number of anilines is 2. The minimum absolute atomic E-state index is 0.913. The van der Waals surface area contributed by atoms with E-state index in [1.807, 2.05) is 11.3 Å². The maximum Gasteiger partial charge on any atom is 0.0543 e. The zero-order valence-corrected chi connectivity index (χ0v) is 29.3. The zero-order valence-electron chi connectivity index (χ0n) is 28.5. The molecule has 0 radical (unpaired) electrons. The highest BCUT2D eigenvalue weighted by Crippen LogP contribution is 2.46. The molecule has 0 N–H and O–H groups in total. The highest BCUT2D eigenvalue weighted by molar-refractivity contribution is 7.25. The largest absolute Gasteiger partial charge is 0.313 e. The van der Waals surface area contributed by atoms with Crippen molar-refractivity contribution >= 4 is 70.0 Å². The van der Waals surface area contributed by atoms with Crippen LogP contribution in [0.25, 0.3) is 69.5 Å². The van der Waals surface area contributed by atoms with Gasteiger partial charge >= 0.3 is 0 Å². The van der Waals surface area contributed by atoms with E-state index in [1.165, 1.54) is 75.4 Å². The number of rotatable bonds is 6. The molecule has 0 amide bonds. The van der Waals surface area contributed by atoms with Gasteiger partial charge in [-0.05, 0) is 75.5 Å². The number of benzene rings is 7. The van der Waals surface area contributed by atoms with Crippen LogP contribution in [0.1, 0.15) is 18.4 Å². The monoisotopic (exact) mass is 679 g/mol. The molecule has 1 aliphatic carbocycles. The first-order valence-corrected chi connectivity index (χ1v) is 18.7. The first-order chi connectivity index (χ1) is 25.8. The van der Waals surface area contributed by atoms with Gasteiger partial charge in [-0.1, -0.05) is 158 Å². The Hall–Kier alpha value is -6.40. The number of hydrogen-bond acceptors (Lipinski definition) is 2. The van der Waals surface area contributed by atoms with Crippen molar-refractivity contribution in [2.75, 3.05) is 4.90 Å². The van der Waals surface area contributed by atoms with Crippen LogP contribution < -0.4 is 4.90 Å².